The van der Waals surface area contributed by atoms with Crippen LogP contribution in [0.5, 0.6) is 5.75 Å². The highest BCUT2D eigenvalue weighted by Gasteiger charge is 2.04. The average molecular weight is 186 g/mol. The van der Waals surface area contributed by atoms with Gasteiger partial charge in [0.1, 0.15) is 5.75 Å². The van der Waals surface area contributed by atoms with Crippen molar-refractivity contribution in [3.05, 3.63) is 23.8 Å². The minimum absolute atomic E-state index is 0.560. The third-order valence-corrected chi connectivity index (χ3v) is 1.92. The highest BCUT2D eigenvalue weighted by molar-refractivity contribution is 6.18. The van der Waals surface area contributed by atoms with E-state index in [1.807, 2.05) is 18.2 Å². The smallest absolute Gasteiger partial charge is 0.124 e. The number of nitrogens with two attached hydrogens (primary N) is 1. The minimum Gasteiger partial charge on any atom is -0.496 e. The predicted octanol–water partition coefficient (Wildman–Crippen LogP) is 2.06. The minimum atomic E-state index is 0.560. The van der Waals surface area contributed by atoms with Crippen molar-refractivity contribution >= 4 is 17.3 Å². The number of rotatable bonds is 3. The van der Waals surface area contributed by atoms with E-state index in [9.17, 15) is 0 Å². The Bertz CT molecular complexity index is 263. The Balaban J connectivity index is 3.02. The van der Waals surface area contributed by atoms with Crippen LogP contribution in [-0.2, 0) is 6.42 Å². The molecule has 2 nitrogen and oxygen atoms in total. The summed E-state index contributed by atoms with van der Waals surface area (Å²) in [4.78, 5) is 0. The molecule has 3 heteroatoms. The van der Waals surface area contributed by atoms with Crippen molar-refractivity contribution in [3.8, 4) is 5.75 Å². The van der Waals surface area contributed by atoms with E-state index in [1.165, 1.54) is 0 Å². The third-order valence-electron chi connectivity index (χ3n) is 1.73. The highest BCUT2D eigenvalue weighted by atomic mass is 35.5. The molecule has 2 N–H and O–H groups in total. The van der Waals surface area contributed by atoms with E-state index in [0.717, 1.165) is 23.4 Å². The summed E-state index contributed by atoms with van der Waals surface area (Å²) in [6.45, 7) is 0. The molecule has 0 heterocycles. The van der Waals surface area contributed by atoms with Gasteiger partial charge in [0.05, 0.1) is 7.11 Å². The largest absolute Gasteiger partial charge is 0.496 e. The summed E-state index contributed by atoms with van der Waals surface area (Å²) >= 11 is 5.63. The maximum absolute atomic E-state index is 5.74. The lowest BCUT2D eigenvalue weighted by Crippen LogP contribution is -1.98. The molecule has 1 rings (SSSR count). The van der Waals surface area contributed by atoms with Gasteiger partial charge < -0.3 is 10.5 Å². The van der Waals surface area contributed by atoms with Gasteiger partial charge in [-0.2, -0.15) is 0 Å². The van der Waals surface area contributed by atoms with E-state index >= 15 is 0 Å². The summed E-state index contributed by atoms with van der Waals surface area (Å²) in [5, 5.41) is 0. The van der Waals surface area contributed by atoms with Gasteiger partial charge in [-0.25, -0.2) is 0 Å². The Morgan fingerprint density at radius 1 is 1.50 bits per heavy atom. The maximum Gasteiger partial charge on any atom is 0.124 e. The molecule has 0 radical (unpaired) electrons. The third kappa shape index (κ3) is 1.83. The van der Waals surface area contributed by atoms with Crippen molar-refractivity contribution in [3.63, 3.8) is 0 Å². The highest BCUT2D eigenvalue weighted by Crippen LogP contribution is 2.24. The molecule has 66 valence electrons. The number of anilines is 1. The Labute approximate surface area is 77.3 Å². The van der Waals surface area contributed by atoms with Gasteiger partial charge in [-0.15, -0.1) is 11.6 Å². The molecule has 0 aliphatic rings. The number of hydrogen-bond acceptors (Lipinski definition) is 2. The van der Waals surface area contributed by atoms with E-state index in [0.29, 0.717) is 5.88 Å². The zero-order valence-electron chi connectivity index (χ0n) is 7.01. The first-order chi connectivity index (χ1) is 5.79. The maximum atomic E-state index is 5.74. The summed E-state index contributed by atoms with van der Waals surface area (Å²) in [6.07, 6.45) is 0.747. The lowest BCUT2D eigenvalue weighted by atomic mass is 10.1. The van der Waals surface area contributed by atoms with Gasteiger partial charge in [0.25, 0.3) is 0 Å². The molecule has 0 saturated carbocycles. The summed E-state index contributed by atoms with van der Waals surface area (Å²) in [6, 6.07) is 5.61. The van der Waals surface area contributed by atoms with E-state index < -0.39 is 0 Å². The topological polar surface area (TPSA) is 35.2 Å². The van der Waals surface area contributed by atoms with Crippen LogP contribution in [0.1, 0.15) is 5.56 Å². The van der Waals surface area contributed by atoms with Crippen LogP contribution < -0.4 is 10.5 Å². The molecule has 1 aromatic carbocycles. The molecular formula is C9H12ClNO. The Kier molecular flexibility index (Phi) is 3.23. The molecule has 12 heavy (non-hydrogen) atoms. The lowest BCUT2D eigenvalue weighted by molar-refractivity contribution is 0.410. The van der Waals surface area contributed by atoms with E-state index in [-0.39, 0.29) is 0 Å². The molecule has 0 unspecified atom stereocenters. The van der Waals surface area contributed by atoms with Gasteiger partial charge in [-0.1, -0.05) is 6.07 Å². The Morgan fingerprint density at radius 3 is 2.83 bits per heavy atom. The predicted molar refractivity (Wildman–Crippen MR) is 51.8 cm³/mol. The first kappa shape index (κ1) is 9.20. The van der Waals surface area contributed by atoms with Gasteiger partial charge in [-0.3, -0.25) is 0 Å². The van der Waals surface area contributed by atoms with Crippen molar-refractivity contribution in [2.24, 2.45) is 0 Å². The number of benzene rings is 1. The molecule has 0 aromatic heterocycles. The monoisotopic (exact) mass is 185 g/mol. The van der Waals surface area contributed by atoms with Crippen LogP contribution in [0.15, 0.2) is 18.2 Å². The van der Waals surface area contributed by atoms with E-state index in [1.54, 1.807) is 7.11 Å². The zero-order chi connectivity index (χ0) is 8.97. The van der Waals surface area contributed by atoms with Crippen molar-refractivity contribution in [1.29, 1.82) is 0 Å². The van der Waals surface area contributed by atoms with Crippen LogP contribution in [0, 0.1) is 0 Å². The SMILES string of the molecule is COc1cccc(N)c1CCCl. The molecule has 0 fully saturated rings. The van der Waals surface area contributed by atoms with Gasteiger partial charge >= 0.3 is 0 Å². The fraction of sp³-hybridized carbons (Fsp3) is 0.333. The molecule has 0 bridgehead atoms. The summed E-state index contributed by atoms with van der Waals surface area (Å²) < 4.78 is 5.14. The van der Waals surface area contributed by atoms with Crippen LogP contribution in [0.3, 0.4) is 0 Å². The van der Waals surface area contributed by atoms with Gasteiger partial charge in [0, 0.05) is 17.1 Å². The van der Waals surface area contributed by atoms with Crippen LogP contribution in [0.25, 0.3) is 0 Å². The number of methoxy groups -OCH3 is 1. The summed E-state index contributed by atoms with van der Waals surface area (Å²) in [7, 11) is 1.63. The lowest BCUT2D eigenvalue weighted by Gasteiger charge is -2.08. The van der Waals surface area contributed by atoms with Crippen LogP contribution >= 0.6 is 11.6 Å². The van der Waals surface area contributed by atoms with Gasteiger partial charge in [0.2, 0.25) is 0 Å². The fourth-order valence-electron chi connectivity index (χ4n) is 1.14. The number of nitrogen functional groups attached to an aromatic ring is 1. The Morgan fingerprint density at radius 2 is 2.25 bits per heavy atom. The molecule has 0 aliphatic carbocycles. The second-order valence-electron chi connectivity index (χ2n) is 2.47. The second kappa shape index (κ2) is 4.21. The molecule has 0 atom stereocenters. The fourth-order valence-corrected chi connectivity index (χ4v) is 1.32. The van der Waals surface area contributed by atoms with Crippen molar-refractivity contribution < 1.29 is 4.74 Å². The first-order valence-electron chi connectivity index (χ1n) is 3.77. The molecule has 0 aliphatic heterocycles. The molecule has 1 aromatic rings. The number of ether oxygens (including phenoxy) is 1. The molecule has 0 saturated heterocycles. The van der Waals surface area contributed by atoms with E-state index in [4.69, 9.17) is 22.1 Å². The number of halogens is 1. The van der Waals surface area contributed by atoms with Crippen LogP contribution in [0.4, 0.5) is 5.69 Å². The summed E-state index contributed by atoms with van der Waals surface area (Å²) in [5.74, 6) is 1.38. The average Bonchev–Trinajstić information content (AvgIpc) is 2.09. The molecule has 0 amide bonds. The molecular weight excluding hydrogens is 174 g/mol. The molecule has 0 spiro atoms. The van der Waals surface area contributed by atoms with Crippen LogP contribution in [-0.4, -0.2) is 13.0 Å². The van der Waals surface area contributed by atoms with E-state index in [2.05, 4.69) is 0 Å². The van der Waals surface area contributed by atoms with Gasteiger partial charge in [0.15, 0.2) is 0 Å². The summed E-state index contributed by atoms with van der Waals surface area (Å²) in [5.41, 5.74) is 7.49. The van der Waals surface area contributed by atoms with Crippen LogP contribution in [0.2, 0.25) is 0 Å². The van der Waals surface area contributed by atoms with Gasteiger partial charge in [-0.05, 0) is 18.6 Å². The zero-order valence-corrected chi connectivity index (χ0v) is 7.77. The first-order valence-corrected chi connectivity index (χ1v) is 4.30. The standard InChI is InChI=1S/C9H12ClNO/c1-12-9-4-2-3-8(11)7(9)5-6-10/h2-4H,5-6,11H2,1H3. The second-order valence-corrected chi connectivity index (χ2v) is 2.85. The van der Waals surface area contributed by atoms with Crippen molar-refractivity contribution in [2.75, 3.05) is 18.7 Å². The van der Waals surface area contributed by atoms with Crippen molar-refractivity contribution in [1.82, 2.24) is 0 Å². The Hall–Kier alpha value is -0.890. The normalized spacial score (nSPS) is 9.83. The number of alkyl halides is 1. The van der Waals surface area contributed by atoms with Crippen molar-refractivity contribution in [2.45, 2.75) is 6.42 Å². The number of hydrogen-bond donors (Lipinski definition) is 1. The quantitative estimate of drug-likeness (QED) is 0.578.